The monoisotopic (exact) mass is 235 g/mol. The normalized spacial score (nSPS) is 14.3. The summed E-state index contributed by atoms with van der Waals surface area (Å²) in [5, 5.41) is 12.0. The van der Waals surface area contributed by atoms with Crippen LogP contribution in [0.1, 0.15) is 37.4 Å². The summed E-state index contributed by atoms with van der Waals surface area (Å²) in [5.41, 5.74) is 2.45. The average molecular weight is 235 g/mol. The minimum absolute atomic E-state index is 0.0741. The minimum atomic E-state index is -0.747. The van der Waals surface area contributed by atoms with Crippen molar-refractivity contribution in [3.8, 4) is 0 Å². The van der Waals surface area contributed by atoms with E-state index in [1.54, 1.807) is 0 Å². The second-order valence-corrected chi connectivity index (χ2v) is 4.44. The van der Waals surface area contributed by atoms with Crippen molar-refractivity contribution in [2.75, 3.05) is 7.05 Å². The van der Waals surface area contributed by atoms with E-state index >= 15 is 0 Å². The van der Waals surface area contributed by atoms with Gasteiger partial charge in [-0.2, -0.15) is 0 Å². The van der Waals surface area contributed by atoms with Gasteiger partial charge in [0, 0.05) is 12.5 Å². The molecule has 0 bridgehead atoms. The number of carboxylic acid groups (broad SMARTS) is 1. The van der Waals surface area contributed by atoms with Crippen molar-refractivity contribution in [1.29, 1.82) is 0 Å². The highest BCUT2D eigenvalue weighted by Gasteiger charge is 2.19. The van der Waals surface area contributed by atoms with E-state index in [4.69, 9.17) is 5.11 Å². The first kappa shape index (κ1) is 13.7. The maximum Gasteiger partial charge on any atom is 0.303 e. The third kappa shape index (κ3) is 3.86. The molecule has 2 atom stereocenters. The molecule has 1 aromatic rings. The van der Waals surface area contributed by atoms with Gasteiger partial charge in [0.15, 0.2) is 0 Å². The predicted molar refractivity (Wildman–Crippen MR) is 69.0 cm³/mol. The number of carboxylic acids is 1. The largest absolute Gasteiger partial charge is 0.481 e. The van der Waals surface area contributed by atoms with Crippen LogP contribution < -0.4 is 5.32 Å². The Kier molecular flexibility index (Phi) is 5.16. The summed E-state index contributed by atoms with van der Waals surface area (Å²) in [7, 11) is 1.87. The molecule has 0 saturated carbocycles. The molecule has 0 aliphatic carbocycles. The molecule has 2 N–H and O–H groups in total. The van der Waals surface area contributed by atoms with Gasteiger partial charge in [-0.15, -0.1) is 0 Å². The quantitative estimate of drug-likeness (QED) is 0.797. The zero-order chi connectivity index (χ0) is 12.8. The van der Waals surface area contributed by atoms with Gasteiger partial charge in [0.05, 0.1) is 0 Å². The Bertz CT molecular complexity index is 359. The highest BCUT2D eigenvalue weighted by molar-refractivity contribution is 5.67. The molecule has 94 valence electrons. The van der Waals surface area contributed by atoms with Crippen LogP contribution in [0.5, 0.6) is 0 Å². The van der Waals surface area contributed by atoms with Crippen LogP contribution in [0.25, 0.3) is 0 Å². The van der Waals surface area contributed by atoms with Crippen LogP contribution in [0.2, 0.25) is 0 Å². The summed E-state index contributed by atoms with van der Waals surface area (Å²) in [5.74, 6) is -0.673. The Morgan fingerprint density at radius 2 is 1.94 bits per heavy atom. The number of rotatable bonds is 6. The Labute approximate surface area is 103 Å². The number of hydrogen-bond donors (Lipinski definition) is 2. The van der Waals surface area contributed by atoms with E-state index in [-0.39, 0.29) is 18.4 Å². The van der Waals surface area contributed by atoms with Crippen molar-refractivity contribution >= 4 is 5.97 Å². The summed E-state index contributed by atoms with van der Waals surface area (Å²) in [6.45, 7) is 4.08. The SMILES string of the molecule is CCc1ccc(C(NC)C(C)CC(=O)O)cc1. The average Bonchev–Trinajstić information content (AvgIpc) is 2.30. The van der Waals surface area contributed by atoms with Crippen molar-refractivity contribution in [1.82, 2.24) is 5.32 Å². The molecule has 3 heteroatoms. The summed E-state index contributed by atoms with van der Waals surface area (Å²) in [4.78, 5) is 10.7. The van der Waals surface area contributed by atoms with Crippen LogP contribution in [0, 0.1) is 5.92 Å². The fourth-order valence-corrected chi connectivity index (χ4v) is 2.13. The number of aliphatic carboxylic acids is 1. The lowest BCUT2D eigenvalue weighted by atomic mass is 9.91. The van der Waals surface area contributed by atoms with Gasteiger partial charge in [0.1, 0.15) is 0 Å². The molecule has 1 rings (SSSR count). The fourth-order valence-electron chi connectivity index (χ4n) is 2.13. The fraction of sp³-hybridized carbons (Fsp3) is 0.500. The molecule has 0 amide bonds. The molecule has 17 heavy (non-hydrogen) atoms. The van der Waals surface area contributed by atoms with Crippen molar-refractivity contribution in [2.24, 2.45) is 5.92 Å². The Balaban J connectivity index is 2.81. The number of nitrogens with one attached hydrogen (secondary N) is 1. The topological polar surface area (TPSA) is 49.3 Å². The molecule has 0 aliphatic heterocycles. The number of benzene rings is 1. The standard InChI is InChI=1S/C14H21NO2/c1-4-11-5-7-12(8-6-11)14(15-3)10(2)9-13(16)17/h5-8,10,14-15H,4,9H2,1-3H3,(H,16,17). The van der Waals surface area contributed by atoms with Crippen LogP contribution in [0.4, 0.5) is 0 Å². The lowest BCUT2D eigenvalue weighted by Crippen LogP contribution is -2.25. The third-order valence-corrected chi connectivity index (χ3v) is 3.12. The van der Waals surface area contributed by atoms with Gasteiger partial charge in [-0.3, -0.25) is 4.79 Å². The molecule has 0 saturated heterocycles. The van der Waals surface area contributed by atoms with E-state index in [0.717, 1.165) is 12.0 Å². The molecule has 0 fully saturated rings. The van der Waals surface area contributed by atoms with Crippen molar-refractivity contribution in [2.45, 2.75) is 32.7 Å². The lowest BCUT2D eigenvalue weighted by molar-refractivity contribution is -0.138. The molecule has 3 nitrogen and oxygen atoms in total. The van der Waals surface area contributed by atoms with Gasteiger partial charge in [0.2, 0.25) is 0 Å². The Morgan fingerprint density at radius 1 is 1.35 bits per heavy atom. The second-order valence-electron chi connectivity index (χ2n) is 4.44. The van der Waals surface area contributed by atoms with Gasteiger partial charge in [-0.25, -0.2) is 0 Å². The van der Waals surface area contributed by atoms with Crippen molar-refractivity contribution < 1.29 is 9.90 Å². The highest BCUT2D eigenvalue weighted by atomic mass is 16.4. The lowest BCUT2D eigenvalue weighted by Gasteiger charge is -2.23. The van der Waals surface area contributed by atoms with Gasteiger partial charge < -0.3 is 10.4 Å². The van der Waals surface area contributed by atoms with E-state index < -0.39 is 5.97 Å². The van der Waals surface area contributed by atoms with Crippen LogP contribution in [0.15, 0.2) is 24.3 Å². The van der Waals surface area contributed by atoms with Crippen molar-refractivity contribution in [3.63, 3.8) is 0 Å². The summed E-state index contributed by atoms with van der Waals surface area (Å²) in [6, 6.07) is 8.47. The van der Waals surface area contributed by atoms with Crippen molar-refractivity contribution in [3.05, 3.63) is 35.4 Å². The van der Waals surface area contributed by atoms with Gasteiger partial charge in [-0.05, 0) is 30.5 Å². The molecule has 0 aliphatic rings. The Morgan fingerprint density at radius 3 is 2.35 bits per heavy atom. The van der Waals surface area contributed by atoms with Gasteiger partial charge in [-0.1, -0.05) is 38.1 Å². The molecule has 1 aromatic carbocycles. The molecule has 2 unspecified atom stereocenters. The molecule has 0 aromatic heterocycles. The Hall–Kier alpha value is -1.35. The second kappa shape index (κ2) is 6.40. The molecule has 0 radical (unpaired) electrons. The smallest absolute Gasteiger partial charge is 0.303 e. The predicted octanol–water partition coefficient (Wildman–Crippen LogP) is 2.62. The van der Waals surface area contributed by atoms with Crippen LogP contribution in [0.3, 0.4) is 0 Å². The van der Waals surface area contributed by atoms with Crippen LogP contribution in [-0.2, 0) is 11.2 Å². The summed E-state index contributed by atoms with van der Waals surface area (Å²) < 4.78 is 0. The van der Waals surface area contributed by atoms with E-state index in [1.807, 2.05) is 14.0 Å². The number of aryl methyl sites for hydroxylation is 1. The molecular weight excluding hydrogens is 214 g/mol. The number of hydrogen-bond acceptors (Lipinski definition) is 2. The van der Waals surface area contributed by atoms with E-state index in [0.29, 0.717) is 0 Å². The zero-order valence-electron chi connectivity index (χ0n) is 10.7. The highest BCUT2D eigenvalue weighted by Crippen LogP contribution is 2.24. The zero-order valence-corrected chi connectivity index (χ0v) is 10.7. The maximum atomic E-state index is 10.7. The van der Waals surface area contributed by atoms with Crippen LogP contribution >= 0.6 is 0 Å². The van der Waals surface area contributed by atoms with Gasteiger partial charge >= 0.3 is 5.97 Å². The minimum Gasteiger partial charge on any atom is -0.481 e. The first-order valence-corrected chi connectivity index (χ1v) is 6.06. The molecular formula is C14H21NO2. The molecule has 0 heterocycles. The number of carbonyl (C=O) groups is 1. The molecule has 0 spiro atoms. The van der Waals surface area contributed by atoms with Crippen LogP contribution in [-0.4, -0.2) is 18.1 Å². The summed E-state index contributed by atoms with van der Waals surface area (Å²) in [6.07, 6.45) is 1.20. The maximum absolute atomic E-state index is 10.7. The van der Waals surface area contributed by atoms with Gasteiger partial charge in [0.25, 0.3) is 0 Å². The van der Waals surface area contributed by atoms with E-state index in [2.05, 4.69) is 36.5 Å². The van der Waals surface area contributed by atoms with E-state index in [1.165, 1.54) is 5.56 Å². The first-order valence-electron chi connectivity index (χ1n) is 6.06. The summed E-state index contributed by atoms with van der Waals surface area (Å²) >= 11 is 0. The third-order valence-electron chi connectivity index (χ3n) is 3.12. The van der Waals surface area contributed by atoms with E-state index in [9.17, 15) is 4.79 Å². The first-order chi connectivity index (χ1) is 8.08.